The first-order chi connectivity index (χ1) is 15.3. The van der Waals surface area contributed by atoms with Crippen molar-refractivity contribution in [3.05, 3.63) is 53.6 Å². The minimum Gasteiger partial charge on any atom is -0.493 e. The number of halogens is 3. The number of amides is 1. The standard InChI is InChI=1S/C23H24F3NO5/c1-29-18-7-3-6-17(20(18)30-2)19-21(22(28)27(19)13-16-5-4-12-31-16)32-15-10-8-14(9-11-15)23(24,25)26/h3,6-11,16,19,21H,4-5,12-13H2,1-2H3/t16-,19-,21+/m1/s1. The summed E-state index contributed by atoms with van der Waals surface area (Å²) in [6.07, 6.45) is -3.62. The van der Waals surface area contributed by atoms with Gasteiger partial charge >= 0.3 is 6.18 Å². The van der Waals surface area contributed by atoms with Crippen molar-refractivity contribution in [1.82, 2.24) is 4.90 Å². The summed E-state index contributed by atoms with van der Waals surface area (Å²) < 4.78 is 61.1. The van der Waals surface area contributed by atoms with Gasteiger partial charge in [0, 0.05) is 18.7 Å². The van der Waals surface area contributed by atoms with Gasteiger partial charge in [-0.3, -0.25) is 4.79 Å². The van der Waals surface area contributed by atoms with Crippen LogP contribution in [-0.2, 0) is 15.7 Å². The maximum Gasteiger partial charge on any atom is 0.416 e. The highest BCUT2D eigenvalue weighted by Crippen LogP contribution is 2.45. The van der Waals surface area contributed by atoms with Gasteiger partial charge in [-0.1, -0.05) is 12.1 Å². The van der Waals surface area contributed by atoms with Crippen LogP contribution in [0.15, 0.2) is 42.5 Å². The second-order valence-corrected chi connectivity index (χ2v) is 7.71. The number of carbonyl (C=O) groups excluding carboxylic acids is 1. The number of rotatable bonds is 7. The van der Waals surface area contributed by atoms with E-state index in [9.17, 15) is 18.0 Å². The summed E-state index contributed by atoms with van der Waals surface area (Å²) in [5.74, 6) is 0.913. The lowest BCUT2D eigenvalue weighted by molar-refractivity contribution is -0.167. The maximum absolute atomic E-state index is 13.0. The van der Waals surface area contributed by atoms with Gasteiger partial charge in [0.1, 0.15) is 11.8 Å². The molecule has 2 saturated heterocycles. The van der Waals surface area contributed by atoms with Gasteiger partial charge in [-0.15, -0.1) is 0 Å². The number of hydrogen-bond donors (Lipinski definition) is 0. The summed E-state index contributed by atoms with van der Waals surface area (Å²) in [5, 5.41) is 0. The van der Waals surface area contributed by atoms with Crippen molar-refractivity contribution >= 4 is 5.91 Å². The third kappa shape index (κ3) is 4.21. The van der Waals surface area contributed by atoms with Gasteiger partial charge in [0.2, 0.25) is 6.10 Å². The van der Waals surface area contributed by atoms with Crippen molar-refractivity contribution in [2.24, 2.45) is 0 Å². The predicted molar refractivity (Wildman–Crippen MR) is 109 cm³/mol. The van der Waals surface area contributed by atoms with Gasteiger partial charge < -0.3 is 23.8 Å². The maximum atomic E-state index is 13.0. The molecule has 0 radical (unpaired) electrons. The van der Waals surface area contributed by atoms with Crippen LogP contribution in [0, 0.1) is 0 Å². The Bertz CT molecular complexity index is 957. The molecule has 0 N–H and O–H groups in total. The molecule has 0 aliphatic carbocycles. The first-order valence-corrected chi connectivity index (χ1v) is 10.3. The van der Waals surface area contributed by atoms with E-state index >= 15 is 0 Å². The minimum atomic E-state index is -4.45. The quantitative estimate of drug-likeness (QED) is 0.590. The second kappa shape index (κ2) is 8.90. The van der Waals surface area contributed by atoms with Crippen LogP contribution >= 0.6 is 0 Å². The molecule has 0 aromatic heterocycles. The van der Waals surface area contributed by atoms with Crippen LogP contribution in [-0.4, -0.2) is 50.4 Å². The van der Waals surface area contributed by atoms with Gasteiger partial charge in [-0.25, -0.2) is 0 Å². The molecule has 2 aliphatic rings. The van der Waals surface area contributed by atoms with Gasteiger partial charge in [0.15, 0.2) is 11.5 Å². The van der Waals surface area contributed by atoms with E-state index in [1.54, 1.807) is 17.0 Å². The van der Waals surface area contributed by atoms with E-state index in [4.69, 9.17) is 18.9 Å². The Morgan fingerprint density at radius 2 is 1.84 bits per heavy atom. The van der Waals surface area contributed by atoms with E-state index in [1.165, 1.54) is 26.4 Å². The number of likely N-dealkylation sites (tertiary alicyclic amines) is 1. The normalized spacial score (nSPS) is 23.1. The first kappa shape index (κ1) is 22.3. The van der Waals surface area contributed by atoms with E-state index in [-0.39, 0.29) is 17.8 Å². The SMILES string of the molecule is COc1cccc([C@@H]2[C@H](Oc3ccc(C(F)(F)F)cc3)C(=O)N2C[C@H]2CCCO2)c1OC. The lowest BCUT2D eigenvalue weighted by Crippen LogP contribution is -2.62. The molecular formula is C23H24F3NO5. The van der Waals surface area contributed by atoms with Crippen LogP contribution in [0.5, 0.6) is 17.2 Å². The van der Waals surface area contributed by atoms with Crippen LogP contribution in [0.1, 0.15) is 30.0 Å². The summed E-state index contributed by atoms with van der Waals surface area (Å²) in [7, 11) is 3.03. The fourth-order valence-corrected chi connectivity index (χ4v) is 4.19. The summed E-state index contributed by atoms with van der Waals surface area (Å²) in [5.41, 5.74) is -0.0860. The second-order valence-electron chi connectivity index (χ2n) is 7.71. The summed E-state index contributed by atoms with van der Waals surface area (Å²) in [6.45, 7) is 1.06. The zero-order chi connectivity index (χ0) is 22.9. The predicted octanol–water partition coefficient (Wildman–Crippen LogP) is 4.23. The van der Waals surface area contributed by atoms with Gasteiger partial charge in [-0.05, 0) is 43.2 Å². The van der Waals surface area contributed by atoms with Crippen LogP contribution in [0.2, 0.25) is 0 Å². The van der Waals surface area contributed by atoms with Crippen molar-refractivity contribution in [3.63, 3.8) is 0 Å². The molecule has 2 aliphatic heterocycles. The summed E-state index contributed by atoms with van der Waals surface area (Å²) >= 11 is 0. The van der Waals surface area contributed by atoms with E-state index in [0.717, 1.165) is 25.0 Å². The Morgan fingerprint density at radius 3 is 2.44 bits per heavy atom. The monoisotopic (exact) mass is 451 g/mol. The number of hydrogen-bond acceptors (Lipinski definition) is 5. The molecule has 9 heteroatoms. The van der Waals surface area contributed by atoms with Crippen molar-refractivity contribution in [3.8, 4) is 17.2 Å². The van der Waals surface area contributed by atoms with Gasteiger partial charge in [0.25, 0.3) is 5.91 Å². The molecule has 0 unspecified atom stereocenters. The highest BCUT2D eigenvalue weighted by Gasteiger charge is 2.52. The van der Waals surface area contributed by atoms with E-state index in [2.05, 4.69) is 0 Å². The molecule has 1 amide bonds. The van der Waals surface area contributed by atoms with Crippen LogP contribution < -0.4 is 14.2 Å². The number of benzene rings is 2. The molecule has 2 fully saturated rings. The lowest BCUT2D eigenvalue weighted by atomic mass is 9.89. The Balaban J connectivity index is 1.63. The molecule has 3 atom stereocenters. The molecule has 6 nitrogen and oxygen atoms in total. The van der Waals surface area contributed by atoms with E-state index in [0.29, 0.717) is 30.2 Å². The summed E-state index contributed by atoms with van der Waals surface area (Å²) in [4.78, 5) is 14.7. The highest BCUT2D eigenvalue weighted by atomic mass is 19.4. The Morgan fingerprint density at radius 1 is 1.09 bits per heavy atom. The Hall–Kier alpha value is -2.94. The molecule has 0 spiro atoms. The number of para-hydroxylation sites is 1. The van der Waals surface area contributed by atoms with Crippen LogP contribution in [0.3, 0.4) is 0 Å². The van der Waals surface area contributed by atoms with E-state index < -0.39 is 23.9 Å². The number of β-lactam (4-membered cyclic amide) rings is 1. The van der Waals surface area contributed by atoms with Crippen molar-refractivity contribution in [2.45, 2.75) is 37.3 Å². The smallest absolute Gasteiger partial charge is 0.416 e. The molecule has 2 aromatic rings. The molecule has 2 heterocycles. The molecular weight excluding hydrogens is 427 g/mol. The number of carbonyl (C=O) groups is 1. The molecule has 0 bridgehead atoms. The Kier molecular flexibility index (Phi) is 6.19. The Labute approximate surface area is 183 Å². The average Bonchev–Trinajstić information content (AvgIpc) is 3.30. The molecule has 0 saturated carbocycles. The van der Waals surface area contributed by atoms with E-state index in [1.807, 2.05) is 6.07 Å². The molecule has 32 heavy (non-hydrogen) atoms. The molecule has 4 rings (SSSR count). The fraction of sp³-hybridized carbons (Fsp3) is 0.435. The largest absolute Gasteiger partial charge is 0.493 e. The number of nitrogens with zero attached hydrogens (tertiary/aromatic N) is 1. The topological polar surface area (TPSA) is 57.2 Å². The highest BCUT2D eigenvalue weighted by molar-refractivity contribution is 5.89. The number of ether oxygens (including phenoxy) is 4. The van der Waals surface area contributed by atoms with Gasteiger partial charge in [-0.2, -0.15) is 13.2 Å². The van der Waals surface area contributed by atoms with Crippen LogP contribution in [0.4, 0.5) is 13.2 Å². The lowest BCUT2D eigenvalue weighted by Gasteiger charge is -2.47. The molecule has 2 aromatic carbocycles. The number of methoxy groups -OCH3 is 2. The number of alkyl halides is 3. The van der Waals surface area contributed by atoms with Crippen LogP contribution in [0.25, 0.3) is 0 Å². The third-order valence-electron chi connectivity index (χ3n) is 5.77. The minimum absolute atomic E-state index is 0.0647. The van der Waals surface area contributed by atoms with Gasteiger partial charge in [0.05, 0.1) is 25.9 Å². The van der Waals surface area contributed by atoms with Crippen molar-refractivity contribution in [2.75, 3.05) is 27.4 Å². The first-order valence-electron chi connectivity index (χ1n) is 10.3. The summed E-state index contributed by atoms with van der Waals surface area (Å²) in [6, 6.07) is 9.17. The third-order valence-corrected chi connectivity index (χ3v) is 5.77. The zero-order valence-corrected chi connectivity index (χ0v) is 17.7. The van der Waals surface area contributed by atoms with Crippen molar-refractivity contribution < 1.29 is 36.9 Å². The fourth-order valence-electron chi connectivity index (χ4n) is 4.19. The average molecular weight is 451 g/mol. The van der Waals surface area contributed by atoms with Crippen molar-refractivity contribution in [1.29, 1.82) is 0 Å². The zero-order valence-electron chi connectivity index (χ0n) is 17.7. The molecule has 172 valence electrons.